The molecule has 44 heavy (non-hydrogen) atoms. The second-order valence-corrected chi connectivity index (χ2v) is 12.2. The highest BCUT2D eigenvalue weighted by molar-refractivity contribution is 7.10. The fraction of sp³-hybridized carbons (Fsp3) is 0.235. The first-order valence-electron chi connectivity index (χ1n) is 14.6. The topological polar surface area (TPSA) is 85.9 Å². The maximum Gasteiger partial charge on any atom is 0.338 e. The number of benzene rings is 2. The Labute approximate surface area is 262 Å². The Hall–Kier alpha value is -4.54. The van der Waals surface area contributed by atoms with E-state index in [0.717, 1.165) is 26.9 Å². The number of para-hydroxylation sites is 1. The number of likely N-dealkylation sites (N-methyl/N-ethyl adjacent to an activating group) is 1. The molecule has 6 rings (SSSR count). The number of aromatic nitrogens is 2. The molecule has 1 amide bonds. The second-order valence-electron chi connectivity index (χ2n) is 10.2. The molecule has 0 bridgehead atoms. The highest BCUT2D eigenvalue weighted by Crippen LogP contribution is 2.36. The summed E-state index contributed by atoms with van der Waals surface area (Å²) in [5.41, 5.74) is 3.12. The lowest BCUT2D eigenvalue weighted by atomic mass is 9.97. The molecule has 224 valence electrons. The van der Waals surface area contributed by atoms with Gasteiger partial charge < -0.3 is 14.2 Å². The minimum absolute atomic E-state index is 0.0394. The van der Waals surface area contributed by atoms with Crippen molar-refractivity contribution in [3.8, 4) is 0 Å². The van der Waals surface area contributed by atoms with Gasteiger partial charge in [-0.05, 0) is 44.4 Å². The van der Waals surface area contributed by atoms with Gasteiger partial charge in [-0.25, -0.2) is 9.79 Å². The Morgan fingerprint density at radius 2 is 1.75 bits per heavy atom. The third kappa shape index (κ3) is 5.35. The van der Waals surface area contributed by atoms with Crippen LogP contribution < -0.4 is 14.9 Å². The number of ether oxygens (including phenoxy) is 1. The van der Waals surface area contributed by atoms with E-state index in [4.69, 9.17) is 9.73 Å². The van der Waals surface area contributed by atoms with Crippen molar-refractivity contribution in [2.45, 2.75) is 33.4 Å². The predicted molar refractivity (Wildman–Crippen MR) is 175 cm³/mol. The molecule has 2 aromatic carbocycles. The molecule has 0 saturated heterocycles. The van der Waals surface area contributed by atoms with E-state index < -0.39 is 12.0 Å². The zero-order valence-corrected chi connectivity index (χ0v) is 26.4. The number of carbonyl (C=O) groups is 2. The number of hydrogen-bond acceptors (Lipinski definition) is 7. The predicted octanol–water partition coefficient (Wildman–Crippen LogP) is 4.82. The van der Waals surface area contributed by atoms with E-state index in [9.17, 15) is 14.4 Å². The van der Waals surface area contributed by atoms with Crippen LogP contribution in [0.1, 0.15) is 42.8 Å². The number of carbonyl (C=O) groups excluding carboxylic acids is 2. The number of thiazole rings is 1. The maximum absolute atomic E-state index is 14.2. The van der Waals surface area contributed by atoms with Crippen LogP contribution in [0.25, 0.3) is 22.7 Å². The molecule has 0 aliphatic carbocycles. The first-order valence-corrected chi connectivity index (χ1v) is 16.3. The summed E-state index contributed by atoms with van der Waals surface area (Å²) in [6, 6.07) is 20.6. The van der Waals surface area contributed by atoms with E-state index in [-0.39, 0.29) is 24.6 Å². The number of esters is 1. The molecule has 5 aromatic rings. The van der Waals surface area contributed by atoms with E-state index in [1.165, 1.54) is 22.7 Å². The summed E-state index contributed by atoms with van der Waals surface area (Å²) in [6.45, 7) is 7.41. The van der Waals surface area contributed by atoms with Gasteiger partial charge in [-0.2, -0.15) is 0 Å². The first kappa shape index (κ1) is 29.5. The van der Waals surface area contributed by atoms with Crippen LogP contribution in [0, 0.1) is 0 Å². The van der Waals surface area contributed by atoms with Gasteiger partial charge >= 0.3 is 5.97 Å². The van der Waals surface area contributed by atoms with Crippen molar-refractivity contribution < 1.29 is 14.3 Å². The number of nitrogens with zero attached hydrogens (tertiary/aromatic N) is 4. The molecule has 1 aliphatic heterocycles. The SMILES string of the molecule is CCOC(=O)C1=C(c2ccccc2)N=c2s/c(=C\c3cn(CC(=O)N(CC)CC)c4ccccc34)c(=O)n2[C@@H]1c1cccs1. The third-order valence-corrected chi connectivity index (χ3v) is 9.62. The number of thiophene rings is 1. The Bertz CT molecular complexity index is 2050. The quantitative estimate of drug-likeness (QED) is 0.220. The van der Waals surface area contributed by atoms with Crippen LogP contribution in [0.15, 0.2) is 93.7 Å². The minimum Gasteiger partial charge on any atom is -0.463 e. The molecule has 0 saturated carbocycles. The van der Waals surface area contributed by atoms with Crippen molar-refractivity contribution in [3.05, 3.63) is 120 Å². The summed E-state index contributed by atoms with van der Waals surface area (Å²) < 4.78 is 9.57. The van der Waals surface area contributed by atoms with E-state index in [1.54, 1.807) is 11.5 Å². The van der Waals surface area contributed by atoms with Gasteiger partial charge in [0, 0.05) is 46.2 Å². The average Bonchev–Trinajstić information content (AvgIpc) is 3.77. The molecule has 10 heteroatoms. The summed E-state index contributed by atoms with van der Waals surface area (Å²) in [5.74, 6) is -0.457. The highest BCUT2D eigenvalue weighted by Gasteiger charge is 2.35. The van der Waals surface area contributed by atoms with Crippen molar-refractivity contribution in [2.75, 3.05) is 19.7 Å². The van der Waals surface area contributed by atoms with E-state index in [2.05, 4.69) is 0 Å². The molecule has 0 fully saturated rings. The fourth-order valence-corrected chi connectivity index (χ4v) is 7.46. The third-order valence-electron chi connectivity index (χ3n) is 7.71. The van der Waals surface area contributed by atoms with E-state index >= 15 is 0 Å². The van der Waals surface area contributed by atoms with Crippen molar-refractivity contribution >= 4 is 57.2 Å². The largest absolute Gasteiger partial charge is 0.463 e. The van der Waals surface area contributed by atoms with Gasteiger partial charge in [0.25, 0.3) is 5.56 Å². The first-order chi connectivity index (χ1) is 21.4. The van der Waals surface area contributed by atoms with Gasteiger partial charge in [0.15, 0.2) is 4.80 Å². The summed E-state index contributed by atoms with van der Waals surface area (Å²) in [7, 11) is 0. The molecule has 0 N–H and O–H groups in total. The normalized spacial score (nSPS) is 14.9. The lowest BCUT2D eigenvalue weighted by Gasteiger charge is -2.24. The molecule has 1 atom stereocenters. The molecule has 4 heterocycles. The summed E-state index contributed by atoms with van der Waals surface area (Å²) in [6.07, 6.45) is 3.80. The second kappa shape index (κ2) is 12.6. The Morgan fingerprint density at radius 3 is 2.45 bits per heavy atom. The number of amides is 1. The summed E-state index contributed by atoms with van der Waals surface area (Å²) >= 11 is 2.77. The Morgan fingerprint density at radius 1 is 1.00 bits per heavy atom. The number of hydrogen-bond donors (Lipinski definition) is 0. The van der Waals surface area contributed by atoms with E-state index in [1.807, 2.05) is 108 Å². The number of fused-ring (bicyclic) bond motifs is 2. The molecule has 0 unspecified atom stereocenters. The molecule has 3 aromatic heterocycles. The number of rotatable bonds is 9. The van der Waals surface area contributed by atoms with Gasteiger partial charge in [-0.15, -0.1) is 11.3 Å². The fourth-order valence-electron chi connectivity index (χ4n) is 5.64. The average molecular weight is 625 g/mol. The molecule has 0 spiro atoms. The standard InChI is InChI=1S/C34H32N4O4S2/c1-4-36(5-2)28(39)21-37-20-23(24-15-10-11-16-25(24)37)19-27-32(40)38-31(26-17-12-18-43-26)29(33(41)42-6-3)30(35-34(38)44-27)22-13-8-7-9-14-22/h7-20,31H,4-6,21H2,1-3H3/b27-19-/t31-/m1/s1. The summed E-state index contributed by atoms with van der Waals surface area (Å²) in [4.78, 5) is 48.8. The smallest absolute Gasteiger partial charge is 0.338 e. The van der Waals surface area contributed by atoms with Crippen LogP contribution in [0.4, 0.5) is 0 Å². The van der Waals surface area contributed by atoms with Crippen LogP contribution in [0.5, 0.6) is 0 Å². The molecule has 8 nitrogen and oxygen atoms in total. The lowest BCUT2D eigenvalue weighted by molar-refractivity contribution is -0.139. The van der Waals surface area contributed by atoms with Crippen molar-refractivity contribution in [3.63, 3.8) is 0 Å². The zero-order chi connectivity index (χ0) is 30.8. The monoisotopic (exact) mass is 624 g/mol. The molecule has 0 radical (unpaired) electrons. The molecular formula is C34H32N4O4S2. The van der Waals surface area contributed by atoms with Crippen LogP contribution in [-0.4, -0.2) is 45.6 Å². The van der Waals surface area contributed by atoms with Gasteiger partial charge in [0.05, 0.1) is 22.4 Å². The van der Waals surface area contributed by atoms with Crippen LogP contribution in [0.2, 0.25) is 0 Å². The summed E-state index contributed by atoms with van der Waals surface area (Å²) in [5, 5.41) is 2.88. The van der Waals surface area contributed by atoms with Crippen LogP contribution in [-0.2, 0) is 20.9 Å². The zero-order valence-electron chi connectivity index (χ0n) is 24.7. The van der Waals surface area contributed by atoms with Gasteiger partial charge in [-0.3, -0.25) is 14.2 Å². The minimum atomic E-state index is -0.685. The maximum atomic E-state index is 14.2. The van der Waals surface area contributed by atoms with Crippen molar-refractivity contribution in [1.29, 1.82) is 0 Å². The van der Waals surface area contributed by atoms with Gasteiger partial charge in [0.1, 0.15) is 12.6 Å². The van der Waals surface area contributed by atoms with Gasteiger partial charge in [0.2, 0.25) is 5.91 Å². The van der Waals surface area contributed by atoms with Crippen LogP contribution >= 0.6 is 22.7 Å². The highest BCUT2D eigenvalue weighted by atomic mass is 32.1. The lowest BCUT2D eigenvalue weighted by Crippen LogP contribution is -2.39. The van der Waals surface area contributed by atoms with Crippen molar-refractivity contribution in [1.82, 2.24) is 14.0 Å². The Kier molecular flexibility index (Phi) is 8.45. The van der Waals surface area contributed by atoms with Gasteiger partial charge in [-0.1, -0.05) is 65.9 Å². The molecular weight excluding hydrogens is 593 g/mol. The van der Waals surface area contributed by atoms with E-state index in [0.29, 0.717) is 33.7 Å². The Balaban J connectivity index is 1.55. The molecule has 1 aliphatic rings. The van der Waals surface area contributed by atoms with Crippen molar-refractivity contribution in [2.24, 2.45) is 4.99 Å². The van der Waals surface area contributed by atoms with Crippen LogP contribution in [0.3, 0.4) is 0 Å².